The minimum Gasteiger partial charge on any atom is -0.459 e. The molecule has 2 heterocycles. The first-order valence-corrected chi connectivity index (χ1v) is 7.68. The van der Waals surface area contributed by atoms with Crippen LogP contribution in [0.2, 0.25) is 0 Å². The highest BCUT2D eigenvalue weighted by atomic mass is 32.2. The Kier molecular flexibility index (Phi) is 4.55. The second-order valence-electron chi connectivity index (χ2n) is 4.50. The molecule has 0 aliphatic heterocycles. The van der Waals surface area contributed by atoms with E-state index in [-0.39, 0.29) is 11.7 Å². The molecule has 1 N–H and O–H groups in total. The molecule has 0 saturated carbocycles. The van der Waals surface area contributed by atoms with E-state index in [1.54, 1.807) is 28.6 Å². The molecule has 0 radical (unpaired) electrons. The van der Waals surface area contributed by atoms with Crippen LogP contribution in [0.1, 0.15) is 16.2 Å². The highest BCUT2D eigenvalue weighted by molar-refractivity contribution is 7.98. The van der Waals surface area contributed by atoms with Crippen LogP contribution in [0.5, 0.6) is 0 Å². The van der Waals surface area contributed by atoms with Crippen LogP contribution in [0.15, 0.2) is 64.2 Å². The lowest BCUT2D eigenvalue weighted by Gasteiger charge is -2.00. The van der Waals surface area contributed by atoms with Gasteiger partial charge in [-0.1, -0.05) is 23.4 Å². The third-order valence-electron chi connectivity index (χ3n) is 2.87. The van der Waals surface area contributed by atoms with Gasteiger partial charge in [0.1, 0.15) is 5.69 Å². The van der Waals surface area contributed by atoms with Crippen molar-refractivity contribution < 1.29 is 9.21 Å². The molecule has 112 valence electrons. The fraction of sp³-hybridized carbons (Fsp3) is 0.133. The number of carbonyl (C=O) groups excluding carboxylic acids is 1. The summed E-state index contributed by atoms with van der Waals surface area (Å²) in [6.45, 7) is 0.315. The first-order chi connectivity index (χ1) is 10.8. The zero-order valence-corrected chi connectivity index (χ0v) is 12.5. The van der Waals surface area contributed by atoms with Crippen LogP contribution in [-0.2, 0) is 12.4 Å². The number of amides is 1. The lowest BCUT2D eigenvalue weighted by Crippen LogP contribution is -2.22. The van der Waals surface area contributed by atoms with Crippen molar-refractivity contribution in [2.24, 2.45) is 0 Å². The first kappa shape index (κ1) is 14.4. The molecule has 0 fully saturated rings. The molecule has 6 nitrogen and oxygen atoms in total. The van der Waals surface area contributed by atoms with E-state index in [0.717, 1.165) is 0 Å². The molecule has 1 amide bonds. The highest BCUT2D eigenvalue weighted by Gasteiger charge is 2.09. The number of aromatic nitrogens is 3. The molecule has 3 aromatic rings. The number of benzene rings is 1. The number of nitrogens with one attached hydrogen (secondary N) is 1. The molecule has 0 atom stereocenters. The Bertz CT molecular complexity index is 725. The van der Waals surface area contributed by atoms with Crippen molar-refractivity contribution in [3.05, 3.63) is 66.4 Å². The summed E-state index contributed by atoms with van der Waals surface area (Å²) in [5, 5.41) is 10.8. The maximum absolute atomic E-state index is 11.7. The van der Waals surface area contributed by atoms with Crippen molar-refractivity contribution >= 4 is 17.7 Å². The zero-order valence-electron chi connectivity index (χ0n) is 11.7. The summed E-state index contributed by atoms with van der Waals surface area (Å²) in [7, 11) is 0. The number of rotatable bonds is 6. The topological polar surface area (TPSA) is 73.0 Å². The predicted molar refractivity (Wildman–Crippen MR) is 82.2 cm³/mol. The summed E-state index contributed by atoms with van der Waals surface area (Å²) in [5.41, 5.74) is 0.702. The smallest absolute Gasteiger partial charge is 0.287 e. The molecule has 2 aromatic heterocycles. The summed E-state index contributed by atoms with van der Waals surface area (Å²) >= 11 is 1.67. The molecule has 0 aliphatic carbocycles. The number of nitrogens with zero attached hydrogens (tertiary/aromatic N) is 3. The van der Waals surface area contributed by atoms with Gasteiger partial charge in [0.2, 0.25) is 0 Å². The van der Waals surface area contributed by atoms with Crippen LogP contribution >= 0.6 is 11.8 Å². The first-order valence-electron chi connectivity index (χ1n) is 6.70. The third-order valence-corrected chi connectivity index (χ3v) is 3.87. The number of hydrogen-bond donors (Lipinski definition) is 1. The summed E-state index contributed by atoms with van der Waals surface area (Å²) in [6.07, 6.45) is 3.28. The SMILES string of the molecule is O=C(NCc1cn(CSc2ccccc2)nn1)c1ccco1. The maximum Gasteiger partial charge on any atom is 0.287 e. The standard InChI is InChI=1S/C15H14N4O2S/c20-15(14-7-4-8-21-14)16-9-12-10-19(18-17-12)11-22-13-5-2-1-3-6-13/h1-8,10H,9,11H2,(H,16,20). The van der Waals surface area contributed by atoms with Crippen LogP contribution in [0.25, 0.3) is 0 Å². The Hall–Kier alpha value is -2.54. The third kappa shape index (κ3) is 3.76. The average molecular weight is 314 g/mol. The van der Waals surface area contributed by atoms with Crippen LogP contribution in [-0.4, -0.2) is 20.9 Å². The van der Waals surface area contributed by atoms with Crippen molar-refractivity contribution in [2.45, 2.75) is 17.3 Å². The van der Waals surface area contributed by atoms with Crippen LogP contribution in [0.3, 0.4) is 0 Å². The lowest BCUT2D eigenvalue weighted by molar-refractivity contribution is 0.0922. The van der Waals surface area contributed by atoms with Crippen molar-refractivity contribution in [3.8, 4) is 0 Å². The van der Waals surface area contributed by atoms with Gasteiger partial charge in [-0.05, 0) is 24.3 Å². The van der Waals surface area contributed by atoms with Gasteiger partial charge in [-0.15, -0.1) is 16.9 Å². The van der Waals surface area contributed by atoms with Gasteiger partial charge >= 0.3 is 0 Å². The van der Waals surface area contributed by atoms with Gasteiger partial charge in [0, 0.05) is 4.90 Å². The van der Waals surface area contributed by atoms with Crippen molar-refractivity contribution in [3.63, 3.8) is 0 Å². The van der Waals surface area contributed by atoms with E-state index in [4.69, 9.17) is 4.42 Å². The number of furan rings is 1. The van der Waals surface area contributed by atoms with Gasteiger partial charge in [0.05, 0.1) is 24.9 Å². The Balaban J connectivity index is 1.50. The molecule has 1 aromatic carbocycles. The van der Waals surface area contributed by atoms with Gasteiger partial charge in [-0.2, -0.15) is 0 Å². The Labute approximate surface area is 131 Å². The number of thioether (sulfide) groups is 1. The maximum atomic E-state index is 11.7. The van der Waals surface area contributed by atoms with E-state index >= 15 is 0 Å². The summed E-state index contributed by atoms with van der Waals surface area (Å²) in [4.78, 5) is 12.9. The van der Waals surface area contributed by atoms with E-state index in [1.165, 1.54) is 11.2 Å². The molecule has 0 bridgehead atoms. The monoisotopic (exact) mass is 314 g/mol. The fourth-order valence-corrected chi connectivity index (χ4v) is 2.56. The van der Waals surface area contributed by atoms with E-state index in [2.05, 4.69) is 15.6 Å². The van der Waals surface area contributed by atoms with Crippen LogP contribution in [0.4, 0.5) is 0 Å². The van der Waals surface area contributed by atoms with Gasteiger partial charge in [0.25, 0.3) is 5.91 Å². The van der Waals surface area contributed by atoms with Gasteiger partial charge in [0.15, 0.2) is 5.76 Å². The van der Waals surface area contributed by atoms with Crippen LogP contribution < -0.4 is 5.32 Å². The van der Waals surface area contributed by atoms with E-state index in [1.807, 2.05) is 36.5 Å². The molecular formula is C15H14N4O2S. The van der Waals surface area contributed by atoms with E-state index < -0.39 is 0 Å². The number of hydrogen-bond acceptors (Lipinski definition) is 5. The normalized spacial score (nSPS) is 10.5. The molecule has 0 spiro atoms. The zero-order chi connectivity index (χ0) is 15.2. The molecular weight excluding hydrogens is 300 g/mol. The van der Waals surface area contributed by atoms with Gasteiger partial charge in [-0.25, -0.2) is 4.68 Å². The van der Waals surface area contributed by atoms with Gasteiger partial charge < -0.3 is 9.73 Å². The minimum atomic E-state index is -0.266. The van der Waals surface area contributed by atoms with Crippen molar-refractivity contribution in [1.29, 1.82) is 0 Å². The molecule has 0 saturated heterocycles. The van der Waals surface area contributed by atoms with E-state index in [9.17, 15) is 4.79 Å². The second-order valence-corrected chi connectivity index (χ2v) is 5.51. The Morgan fingerprint density at radius 3 is 2.86 bits per heavy atom. The van der Waals surface area contributed by atoms with Crippen molar-refractivity contribution in [2.75, 3.05) is 0 Å². The van der Waals surface area contributed by atoms with Crippen molar-refractivity contribution in [1.82, 2.24) is 20.3 Å². The lowest BCUT2D eigenvalue weighted by atomic mass is 10.4. The molecule has 0 unspecified atom stereocenters. The highest BCUT2D eigenvalue weighted by Crippen LogP contribution is 2.18. The molecule has 3 rings (SSSR count). The Morgan fingerprint density at radius 2 is 2.09 bits per heavy atom. The summed E-state index contributed by atoms with van der Waals surface area (Å²) in [6, 6.07) is 13.4. The largest absolute Gasteiger partial charge is 0.459 e. The van der Waals surface area contributed by atoms with Crippen LogP contribution in [0, 0.1) is 0 Å². The average Bonchev–Trinajstić information content (AvgIpc) is 3.23. The fourth-order valence-electron chi connectivity index (χ4n) is 1.81. The quantitative estimate of drug-likeness (QED) is 0.708. The van der Waals surface area contributed by atoms with Gasteiger partial charge in [-0.3, -0.25) is 4.79 Å². The summed E-state index contributed by atoms with van der Waals surface area (Å²) < 4.78 is 6.76. The predicted octanol–water partition coefficient (Wildman–Crippen LogP) is 2.55. The number of carbonyl (C=O) groups is 1. The summed E-state index contributed by atoms with van der Waals surface area (Å²) in [5.74, 6) is 0.689. The van der Waals surface area contributed by atoms with E-state index in [0.29, 0.717) is 18.1 Å². The second kappa shape index (κ2) is 6.95. The minimum absolute atomic E-state index is 0.266. The molecule has 7 heteroatoms. The Morgan fingerprint density at radius 1 is 1.23 bits per heavy atom. The molecule has 22 heavy (non-hydrogen) atoms. The molecule has 0 aliphatic rings.